The zero-order valence-electron chi connectivity index (χ0n) is 47.8. The van der Waals surface area contributed by atoms with Crippen molar-refractivity contribution in [3.63, 3.8) is 0 Å². The minimum absolute atomic E-state index is 0.0819. The van der Waals surface area contributed by atoms with Crippen LogP contribution < -0.4 is 0 Å². The standard InChI is InChI=1S/C74H72N4/c1-71(2,3)47-34-45(35-48(38-47)72(4,5)6)65-56-28-31-59(75-56)68(52-25-22-42-17-13-16-41-20-15-21-51(52)63(41)42)60-32-29-58(76-60)66(46-36-49(73(7,8)9)39-50(37-46)74(10,11)12)62-40-55-53-26-23-43-18-14-19-44-24-27-54(67(53)64(43)44)69(70(55)78-62)61-33-30-57(65)77-61/h15,20-40,75,78H,13-14,16-19H2,1-12H3. The fourth-order valence-corrected chi connectivity index (χ4v) is 13.6. The molecule has 0 amide bonds. The molecule has 0 saturated heterocycles. The Morgan fingerprint density at radius 2 is 0.808 bits per heavy atom. The molecule has 2 N–H and O–H groups in total. The van der Waals surface area contributed by atoms with Crippen LogP contribution in [0.5, 0.6) is 0 Å². The number of fused-ring (bicyclic) bond motifs is 10. The second kappa shape index (κ2) is 17.0. The molecule has 0 unspecified atom stereocenters. The summed E-state index contributed by atoms with van der Waals surface area (Å²) in [6.45, 7) is 28.0. The minimum atomic E-state index is -0.0899. The summed E-state index contributed by atoms with van der Waals surface area (Å²) in [5.41, 5.74) is 25.5. The summed E-state index contributed by atoms with van der Waals surface area (Å²) >= 11 is 0. The van der Waals surface area contributed by atoms with Gasteiger partial charge in [0.15, 0.2) is 0 Å². The molecule has 7 aromatic carbocycles. The van der Waals surface area contributed by atoms with Gasteiger partial charge in [-0.2, -0.15) is 0 Å². The molecule has 5 heterocycles. The molecule has 78 heavy (non-hydrogen) atoms. The molecule has 8 bridgehead atoms. The third-order valence-electron chi connectivity index (χ3n) is 17.9. The van der Waals surface area contributed by atoms with Crippen LogP contribution in [0, 0.1) is 0 Å². The Hall–Kier alpha value is -7.56. The zero-order chi connectivity index (χ0) is 53.9. The topological polar surface area (TPSA) is 57.4 Å². The molecule has 2 aliphatic heterocycles. The summed E-state index contributed by atoms with van der Waals surface area (Å²) in [4.78, 5) is 20.2. The number of hydrogen-bond donors (Lipinski definition) is 2. The lowest BCUT2D eigenvalue weighted by molar-refractivity contribution is 0.568. The lowest BCUT2D eigenvalue weighted by atomic mass is 9.78. The van der Waals surface area contributed by atoms with E-state index in [1.165, 1.54) is 106 Å². The smallest absolute Gasteiger partial charge is 0.0737 e. The highest BCUT2D eigenvalue weighted by Crippen LogP contribution is 2.48. The second-order valence-electron chi connectivity index (χ2n) is 27.4. The molecule has 4 nitrogen and oxygen atoms in total. The lowest BCUT2D eigenvalue weighted by Crippen LogP contribution is -2.16. The van der Waals surface area contributed by atoms with Gasteiger partial charge in [0.1, 0.15) is 0 Å². The highest BCUT2D eigenvalue weighted by atomic mass is 14.8. The summed E-state index contributed by atoms with van der Waals surface area (Å²) in [6.07, 6.45) is 15.9. The molecular weight excluding hydrogens is 945 g/mol. The van der Waals surface area contributed by atoms with Crippen molar-refractivity contribution in [2.45, 2.75) is 143 Å². The largest absolute Gasteiger partial charge is 0.354 e. The van der Waals surface area contributed by atoms with Crippen LogP contribution in [-0.2, 0) is 47.3 Å². The van der Waals surface area contributed by atoms with Crippen LogP contribution in [0.4, 0.5) is 0 Å². The third-order valence-corrected chi connectivity index (χ3v) is 17.9. The SMILES string of the molecule is CC(C)(C)c1cc(-c2c3nc(c4c5ccc6c7c(ccc(c8cc([nH]c84)c(-c4cc(C(C)(C)C)cc(C(C)(C)C)c4)c4nc(c(-c8ccc9c%10c(cccc8%10)CCC9)c8ccc2[nH]8)C=C4)c75)CCC6)C=C3)cc(C(C)(C)C)c1. The summed E-state index contributed by atoms with van der Waals surface area (Å²) < 4.78 is 0. The Labute approximate surface area is 460 Å². The first-order valence-corrected chi connectivity index (χ1v) is 28.8. The van der Waals surface area contributed by atoms with E-state index in [1.807, 2.05) is 0 Å². The number of nitrogens with zero attached hydrogens (tertiary/aromatic N) is 2. The molecule has 0 fully saturated rings. The summed E-state index contributed by atoms with van der Waals surface area (Å²) in [5.74, 6) is 0. The van der Waals surface area contributed by atoms with E-state index in [0.717, 1.165) is 98.2 Å². The quantitative estimate of drug-likeness (QED) is 0.185. The first kappa shape index (κ1) is 48.8. The monoisotopic (exact) mass is 1020 g/mol. The molecule has 2 aliphatic carbocycles. The molecule has 10 aromatic rings. The van der Waals surface area contributed by atoms with Gasteiger partial charge in [-0.15, -0.1) is 0 Å². The molecule has 4 aliphatic rings. The van der Waals surface area contributed by atoms with Gasteiger partial charge in [0.2, 0.25) is 0 Å². The van der Waals surface area contributed by atoms with Gasteiger partial charge in [0, 0.05) is 44.0 Å². The first-order chi connectivity index (χ1) is 37.2. The molecular formula is C74H72N4. The third kappa shape index (κ3) is 7.75. The van der Waals surface area contributed by atoms with Crippen molar-refractivity contribution in [1.82, 2.24) is 19.9 Å². The Morgan fingerprint density at radius 1 is 0.346 bits per heavy atom. The van der Waals surface area contributed by atoms with Crippen molar-refractivity contribution in [1.29, 1.82) is 0 Å². The van der Waals surface area contributed by atoms with E-state index in [9.17, 15) is 0 Å². The molecule has 3 aromatic heterocycles. The van der Waals surface area contributed by atoms with Crippen molar-refractivity contribution >= 4 is 89.5 Å². The van der Waals surface area contributed by atoms with Crippen molar-refractivity contribution < 1.29 is 0 Å². The zero-order valence-corrected chi connectivity index (χ0v) is 47.8. The number of rotatable bonds is 3. The number of aromatic nitrogens is 4. The van der Waals surface area contributed by atoms with Crippen LogP contribution in [0.1, 0.15) is 163 Å². The first-order valence-electron chi connectivity index (χ1n) is 28.8. The Balaban J connectivity index is 1.22. The van der Waals surface area contributed by atoms with Gasteiger partial charge in [0.05, 0.1) is 28.3 Å². The second-order valence-corrected chi connectivity index (χ2v) is 27.4. The number of H-pyrrole nitrogens is 2. The van der Waals surface area contributed by atoms with Crippen LogP contribution >= 0.6 is 0 Å². The van der Waals surface area contributed by atoms with E-state index in [4.69, 9.17) is 9.97 Å². The normalized spacial score (nSPS) is 14.8. The summed E-state index contributed by atoms with van der Waals surface area (Å²) in [7, 11) is 0. The fourth-order valence-electron chi connectivity index (χ4n) is 13.6. The maximum Gasteiger partial charge on any atom is 0.0737 e. The Kier molecular flexibility index (Phi) is 10.6. The number of nitrogens with one attached hydrogen (secondary N) is 2. The van der Waals surface area contributed by atoms with E-state index in [2.05, 4.69) is 227 Å². The van der Waals surface area contributed by atoms with Crippen LogP contribution in [0.25, 0.3) is 123 Å². The van der Waals surface area contributed by atoms with E-state index in [0.29, 0.717) is 0 Å². The van der Waals surface area contributed by atoms with Crippen LogP contribution in [0.2, 0.25) is 0 Å². The van der Waals surface area contributed by atoms with Gasteiger partial charge in [-0.3, -0.25) is 0 Å². The summed E-state index contributed by atoms with van der Waals surface area (Å²) in [6, 6.07) is 43.0. The van der Waals surface area contributed by atoms with E-state index in [-0.39, 0.29) is 21.7 Å². The Morgan fingerprint density at radius 3 is 1.37 bits per heavy atom. The van der Waals surface area contributed by atoms with Gasteiger partial charge in [-0.05, 0) is 196 Å². The average molecular weight is 1020 g/mol. The number of benzene rings is 7. The van der Waals surface area contributed by atoms with Crippen molar-refractivity contribution in [2.24, 2.45) is 0 Å². The number of aryl methyl sites for hydroxylation is 4. The van der Waals surface area contributed by atoms with Gasteiger partial charge in [-0.1, -0.05) is 174 Å². The van der Waals surface area contributed by atoms with Crippen LogP contribution in [0.3, 0.4) is 0 Å². The van der Waals surface area contributed by atoms with E-state index in [1.54, 1.807) is 0 Å². The average Bonchev–Trinajstić information content (AvgIpc) is 4.41. The highest BCUT2D eigenvalue weighted by Gasteiger charge is 2.28. The van der Waals surface area contributed by atoms with Gasteiger partial charge >= 0.3 is 0 Å². The molecule has 14 rings (SSSR count). The molecule has 0 saturated carbocycles. The van der Waals surface area contributed by atoms with Crippen LogP contribution in [0.15, 0.2) is 109 Å². The Bertz CT molecular complexity index is 4370. The van der Waals surface area contributed by atoms with Crippen molar-refractivity contribution in [3.8, 4) is 33.4 Å². The maximum atomic E-state index is 5.93. The minimum Gasteiger partial charge on any atom is -0.354 e. The predicted molar refractivity (Wildman–Crippen MR) is 335 cm³/mol. The number of aromatic amines is 2. The van der Waals surface area contributed by atoms with E-state index < -0.39 is 0 Å². The van der Waals surface area contributed by atoms with Crippen LogP contribution in [-0.4, -0.2) is 19.9 Å². The predicted octanol–water partition coefficient (Wildman–Crippen LogP) is 19.9. The van der Waals surface area contributed by atoms with Gasteiger partial charge in [0.25, 0.3) is 0 Å². The van der Waals surface area contributed by atoms with Crippen molar-refractivity contribution in [2.75, 3.05) is 0 Å². The molecule has 0 radical (unpaired) electrons. The molecule has 0 atom stereocenters. The van der Waals surface area contributed by atoms with E-state index >= 15 is 0 Å². The van der Waals surface area contributed by atoms with Gasteiger partial charge in [-0.25, -0.2) is 9.97 Å². The fraction of sp³-hybridized carbons (Fsp3) is 0.297. The van der Waals surface area contributed by atoms with Crippen molar-refractivity contribution in [3.05, 3.63) is 176 Å². The molecule has 4 heteroatoms. The number of hydrogen-bond acceptors (Lipinski definition) is 2. The molecule has 388 valence electrons. The maximum absolute atomic E-state index is 5.93. The summed E-state index contributed by atoms with van der Waals surface area (Å²) in [5, 5.41) is 10.4. The lowest BCUT2D eigenvalue weighted by Gasteiger charge is -2.26. The molecule has 0 spiro atoms. The highest BCUT2D eigenvalue weighted by molar-refractivity contribution is 6.32. The van der Waals surface area contributed by atoms with Gasteiger partial charge < -0.3 is 9.97 Å².